The van der Waals surface area contributed by atoms with Crippen LogP contribution in [0.5, 0.6) is 0 Å². The maximum absolute atomic E-state index is 7.65. The van der Waals surface area contributed by atoms with Crippen molar-refractivity contribution in [3.8, 4) is 5.82 Å². The largest absolute Gasteiger partial charge is 0.288 e. The van der Waals surface area contributed by atoms with E-state index < -0.39 is 12.3 Å². The Kier molecular flexibility index (Phi) is 0.920. The minimum Gasteiger partial charge on any atom is -0.288 e. The van der Waals surface area contributed by atoms with Gasteiger partial charge in [-0.05, 0) is 15.9 Å². The fourth-order valence-corrected chi connectivity index (χ4v) is 0.899. The Morgan fingerprint density at radius 3 is 3.08 bits per heavy atom. The maximum atomic E-state index is 7.65. The highest BCUT2D eigenvalue weighted by molar-refractivity contribution is 9.10. The minimum absolute atomic E-state index is 0.144. The molecule has 0 fully saturated rings. The summed E-state index contributed by atoms with van der Waals surface area (Å²) < 4.78 is 38.4. The first kappa shape index (κ1) is 3.66. The Bertz CT molecular complexity index is 598. The average Bonchev–Trinajstić information content (AvgIpc) is 2.48. The van der Waals surface area contributed by atoms with Gasteiger partial charge in [0.05, 0.1) is 11.7 Å². The van der Waals surface area contributed by atoms with Crippen molar-refractivity contribution in [2.24, 2.45) is 0 Å². The minimum atomic E-state index is -0.420. The van der Waals surface area contributed by atoms with Crippen LogP contribution in [-0.2, 0) is 0 Å². The zero-order valence-corrected chi connectivity index (χ0v) is 7.25. The van der Waals surface area contributed by atoms with Gasteiger partial charge in [0.15, 0.2) is 5.82 Å². The monoisotopic (exact) mass is 229 g/mol. The number of rotatable bonds is 1. The van der Waals surface area contributed by atoms with Crippen LogP contribution >= 0.6 is 15.9 Å². The first-order valence-corrected chi connectivity index (χ1v) is 3.74. The Morgan fingerprint density at radius 1 is 1.42 bits per heavy atom. The van der Waals surface area contributed by atoms with Crippen molar-refractivity contribution < 1.29 is 6.85 Å². The van der Waals surface area contributed by atoms with E-state index in [1.54, 1.807) is 0 Å². The van der Waals surface area contributed by atoms with Gasteiger partial charge in [-0.2, -0.15) is 0 Å². The summed E-state index contributed by atoms with van der Waals surface area (Å²) >= 11 is 2.99. The predicted molar refractivity (Wildman–Crippen MR) is 46.9 cm³/mol. The molecule has 2 aromatic rings. The standard InChI is InChI=1S/C7H5BrN4/c8-6-4-12(5-11-6)7-3-9-1-2-10-7/h1-5H/i1D,2D,3D,4D,5D. The lowest BCUT2D eigenvalue weighted by Gasteiger charge is -1.96. The third-order valence-electron chi connectivity index (χ3n) is 1.09. The lowest BCUT2D eigenvalue weighted by molar-refractivity contribution is 0.970. The van der Waals surface area contributed by atoms with Crippen LogP contribution in [0, 0.1) is 0 Å². The maximum Gasteiger partial charge on any atom is 0.156 e. The molecule has 0 spiro atoms. The summed E-state index contributed by atoms with van der Waals surface area (Å²) in [5, 5.41) is 0. The average molecular weight is 230 g/mol. The summed E-state index contributed by atoms with van der Waals surface area (Å²) in [5.74, 6) is -0.154. The van der Waals surface area contributed by atoms with Gasteiger partial charge >= 0.3 is 0 Å². The van der Waals surface area contributed by atoms with Crippen LogP contribution in [0.1, 0.15) is 6.85 Å². The highest BCUT2D eigenvalue weighted by Crippen LogP contribution is 2.08. The SMILES string of the molecule is [2H]c1nc([2H])c(-n2c([2H])nc(Br)c2[2H])nc1[2H]. The van der Waals surface area contributed by atoms with E-state index in [0.29, 0.717) is 0 Å². The molecule has 2 aromatic heterocycles. The van der Waals surface area contributed by atoms with E-state index in [4.69, 9.17) is 6.85 Å². The molecule has 0 amide bonds. The van der Waals surface area contributed by atoms with Gasteiger partial charge in [-0.25, -0.2) is 9.97 Å². The normalized spacial score (nSPS) is 15.9. The van der Waals surface area contributed by atoms with Gasteiger partial charge in [0, 0.05) is 18.5 Å². The smallest absolute Gasteiger partial charge is 0.156 e. The summed E-state index contributed by atoms with van der Waals surface area (Å²) in [4.78, 5) is 10.8. The number of hydrogen-bond acceptors (Lipinski definition) is 3. The quantitative estimate of drug-likeness (QED) is 0.744. The van der Waals surface area contributed by atoms with Gasteiger partial charge < -0.3 is 0 Å². The Morgan fingerprint density at radius 2 is 2.33 bits per heavy atom. The second-order valence-corrected chi connectivity index (χ2v) is 2.58. The number of halogens is 1. The van der Waals surface area contributed by atoms with Crippen molar-refractivity contribution in [1.82, 2.24) is 19.5 Å². The van der Waals surface area contributed by atoms with Crippen molar-refractivity contribution in [3.63, 3.8) is 0 Å². The number of nitrogens with zero attached hydrogens (tertiary/aromatic N) is 4. The van der Waals surface area contributed by atoms with E-state index in [1.165, 1.54) is 0 Å². The molecule has 2 rings (SSSR count). The molecule has 0 unspecified atom stereocenters. The van der Waals surface area contributed by atoms with Crippen LogP contribution in [0.3, 0.4) is 0 Å². The molecule has 0 atom stereocenters. The molecule has 0 aliphatic heterocycles. The number of imidazole rings is 1. The zero-order valence-electron chi connectivity index (χ0n) is 10.7. The molecule has 4 nitrogen and oxygen atoms in total. The molecule has 2 heterocycles. The third-order valence-corrected chi connectivity index (χ3v) is 1.44. The zero-order chi connectivity index (χ0) is 12.7. The summed E-state index contributed by atoms with van der Waals surface area (Å²) in [6, 6.07) is 0. The van der Waals surface area contributed by atoms with E-state index in [1.807, 2.05) is 0 Å². The van der Waals surface area contributed by atoms with Crippen molar-refractivity contribution in [2.45, 2.75) is 0 Å². The van der Waals surface area contributed by atoms with Gasteiger partial charge in [0.25, 0.3) is 0 Å². The molecular weight excluding hydrogens is 220 g/mol. The third kappa shape index (κ3) is 1.35. The topological polar surface area (TPSA) is 43.6 Å². The van der Waals surface area contributed by atoms with Crippen molar-refractivity contribution in [1.29, 1.82) is 0 Å². The van der Waals surface area contributed by atoms with Gasteiger partial charge in [-0.3, -0.25) is 9.55 Å². The predicted octanol–water partition coefficient (Wildman–Crippen LogP) is 1.42. The highest BCUT2D eigenvalue weighted by atomic mass is 79.9. The Hall–Kier alpha value is -1.23. The molecule has 0 saturated carbocycles. The van der Waals surface area contributed by atoms with E-state index >= 15 is 0 Å². The van der Waals surface area contributed by atoms with E-state index in [-0.39, 0.29) is 29.1 Å². The molecule has 0 saturated heterocycles. The first-order chi connectivity index (χ1) is 7.91. The van der Waals surface area contributed by atoms with Crippen LogP contribution in [0.15, 0.2) is 35.6 Å². The molecule has 0 radical (unpaired) electrons. The van der Waals surface area contributed by atoms with Crippen molar-refractivity contribution in [2.75, 3.05) is 0 Å². The molecule has 0 aliphatic rings. The molecule has 0 aromatic carbocycles. The lowest BCUT2D eigenvalue weighted by atomic mass is 10.6. The van der Waals surface area contributed by atoms with E-state index in [0.717, 1.165) is 4.57 Å². The van der Waals surface area contributed by atoms with Gasteiger partial charge in [-0.15, -0.1) is 0 Å². The Balaban J connectivity index is 2.72. The van der Waals surface area contributed by atoms with Crippen LogP contribution in [0.25, 0.3) is 5.82 Å². The van der Waals surface area contributed by atoms with Crippen LogP contribution < -0.4 is 0 Å². The molecular formula is C7H5BrN4. The summed E-state index contributed by atoms with van der Waals surface area (Å²) in [6.07, 6.45) is -1.66. The summed E-state index contributed by atoms with van der Waals surface area (Å²) in [5.41, 5.74) is 0. The van der Waals surface area contributed by atoms with E-state index in [2.05, 4.69) is 30.9 Å². The van der Waals surface area contributed by atoms with Crippen LogP contribution in [0.2, 0.25) is 0 Å². The molecule has 12 heavy (non-hydrogen) atoms. The molecule has 60 valence electrons. The highest BCUT2D eigenvalue weighted by Gasteiger charge is 1.97. The first-order valence-electron chi connectivity index (χ1n) is 5.45. The van der Waals surface area contributed by atoms with Crippen LogP contribution in [0.4, 0.5) is 0 Å². The Labute approximate surface area is 84.5 Å². The van der Waals surface area contributed by atoms with Gasteiger partial charge in [0.1, 0.15) is 12.3 Å². The van der Waals surface area contributed by atoms with Crippen LogP contribution in [-0.4, -0.2) is 19.5 Å². The van der Waals surface area contributed by atoms with E-state index in [9.17, 15) is 0 Å². The van der Waals surface area contributed by atoms with Crippen molar-refractivity contribution in [3.05, 3.63) is 35.6 Å². The summed E-state index contributed by atoms with van der Waals surface area (Å²) in [6.45, 7) is 0. The molecule has 0 N–H and O–H groups in total. The number of aromatic nitrogens is 4. The fourth-order valence-electron chi connectivity index (χ4n) is 0.642. The molecule has 0 aliphatic carbocycles. The molecule has 5 heteroatoms. The lowest BCUT2D eigenvalue weighted by Crippen LogP contribution is -1.93. The fraction of sp³-hybridized carbons (Fsp3) is 0. The summed E-state index contributed by atoms with van der Waals surface area (Å²) in [7, 11) is 0. The second kappa shape index (κ2) is 3.02. The molecule has 0 bridgehead atoms. The number of hydrogen-bond donors (Lipinski definition) is 0. The van der Waals surface area contributed by atoms with Gasteiger partial charge in [0.2, 0.25) is 0 Å². The van der Waals surface area contributed by atoms with Crippen molar-refractivity contribution >= 4 is 15.9 Å². The second-order valence-electron chi connectivity index (χ2n) is 1.83. The van der Waals surface area contributed by atoms with Gasteiger partial charge in [-0.1, -0.05) is 0 Å².